The molecule has 3 aromatic rings. The second-order valence-corrected chi connectivity index (χ2v) is 5.32. The third-order valence-corrected chi connectivity index (χ3v) is 3.47. The first kappa shape index (κ1) is 14.7. The summed E-state index contributed by atoms with van der Waals surface area (Å²) in [5.41, 5.74) is 0.659. The molecule has 0 unspecified atom stereocenters. The lowest BCUT2D eigenvalue weighted by Gasteiger charge is -2.08. The molecule has 0 spiro atoms. The maximum absolute atomic E-state index is 12.6. The topological polar surface area (TPSA) is 90.9 Å². The van der Waals surface area contributed by atoms with Gasteiger partial charge in [0, 0.05) is 6.07 Å². The smallest absolute Gasteiger partial charge is 0.204 e. The van der Waals surface area contributed by atoms with Crippen molar-refractivity contribution in [3.05, 3.63) is 58.3 Å². The quantitative estimate of drug-likeness (QED) is 0.496. The number of rotatable bonds is 2. The van der Waals surface area contributed by atoms with Gasteiger partial charge in [-0.2, -0.15) is 0 Å². The molecule has 2 aromatic carbocycles. The predicted octanol–water partition coefficient (Wildman–Crippen LogP) is 3.65. The highest BCUT2D eigenvalue weighted by molar-refractivity contribution is 5.96. The monoisotopic (exact) mass is 310 g/mol. The molecule has 0 radical (unpaired) electrons. The van der Waals surface area contributed by atoms with Crippen molar-refractivity contribution in [2.75, 3.05) is 0 Å². The maximum Gasteiger partial charge on any atom is 0.204 e. The second kappa shape index (κ2) is 5.21. The number of fused-ring (bicyclic) bond motifs is 2. The van der Waals surface area contributed by atoms with Crippen LogP contribution in [0.3, 0.4) is 0 Å². The lowest BCUT2D eigenvalue weighted by Crippen LogP contribution is -2.03. The molecule has 0 aliphatic rings. The molecular formula is C18H14O5. The van der Waals surface area contributed by atoms with E-state index in [0.29, 0.717) is 0 Å². The molecule has 5 heteroatoms. The predicted molar refractivity (Wildman–Crippen MR) is 88.8 cm³/mol. The van der Waals surface area contributed by atoms with Gasteiger partial charge in [-0.1, -0.05) is 18.2 Å². The summed E-state index contributed by atoms with van der Waals surface area (Å²) in [5.74, 6) is -0.671. The number of hydrogen-bond donors (Lipinski definition) is 3. The van der Waals surface area contributed by atoms with Crippen molar-refractivity contribution in [3.8, 4) is 17.2 Å². The van der Waals surface area contributed by atoms with Crippen LogP contribution >= 0.6 is 0 Å². The highest BCUT2D eigenvalue weighted by atomic mass is 16.3. The Morgan fingerprint density at radius 1 is 1.17 bits per heavy atom. The zero-order valence-corrected chi connectivity index (χ0v) is 12.3. The number of benzene rings is 2. The highest BCUT2D eigenvalue weighted by Crippen LogP contribution is 2.36. The third-order valence-electron chi connectivity index (χ3n) is 3.47. The molecule has 0 aliphatic heterocycles. The first-order chi connectivity index (χ1) is 10.9. The largest absolute Gasteiger partial charge is 0.508 e. The summed E-state index contributed by atoms with van der Waals surface area (Å²) in [7, 11) is 0. The Bertz CT molecular complexity index is 1040. The normalized spacial score (nSPS) is 11.5. The Kier molecular flexibility index (Phi) is 3.33. The molecule has 116 valence electrons. The van der Waals surface area contributed by atoms with Gasteiger partial charge in [-0.15, -0.1) is 0 Å². The van der Waals surface area contributed by atoms with E-state index in [1.807, 2.05) is 0 Å². The van der Waals surface area contributed by atoms with Crippen LogP contribution in [0.15, 0.2) is 51.7 Å². The van der Waals surface area contributed by atoms with Gasteiger partial charge < -0.3 is 19.7 Å². The summed E-state index contributed by atoms with van der Waals surface area (Å²) >= 11 is 0. The molecule has 0 fully saturated rings. The van der Waals surface area contributed by atoms with E-state index in [9.17, 15) is 20.1 Å². The van der Waals surface area contributed by atoms with Crippen LogP contribution in [0.4, 0.5) is 0 Å². The molecule has 1 aromatic heterocycles. The van der Waals surface area contributed by atoms with Gasteiger partial charge in [-0.25, -0.2) is 0 Å². The number of phenols is 3. The zero-order chi connectivity index (χ0) is 16.7. The van der Waals surface area contributed by atoms with E-state index in [1.165, 1.54) is 30.3 Å². The molecule has 5 nitrogen and oxygen atoms in total. The van der Waals surface area contributed by atoms with Crippen molar-refractivity contribution in [1.29, 1.82) is 0 Å². The second-order valence-electron chi connectivity index (χ2n) is 5.32. The van der Waals surface area contributed by atoms with Crippen LogP contribution in [0.1, 0.15) is 12.5 Å². The average Bonchev–Trinajstić information content (AvgIpc) is 2.47. The van der Waals surface area contributed by atoms with Crippen LogP contribution in [0.25, 0.3) is 28.0 Å². The van der Waals surface area contributed by atoms with E-state index in [2.05, 4.69) is 6.58 Å². The van der Waals surface area contributed by atoms with E-state index < -0.39 is 5.43 Å². The van der Waals surface area contributed by atoms with E-state index in [1.54, 1.807) is 13.0 Å². The molecule has 1 heterocycles. The molecule has 0 atom stereocenters. The van der Waals surface area contributed by atoms with Crippen molar-refractivity contribution in [2.45, 2.75) is 6.92 Å². The standard InChI is InChI=1S/C18H14O5/c1-9(2)3-5-11-13(20)8-15-16(17(11)21)18(22)12-7-10(19)4-6-14(12)23-15/h3-8,19-21H,1H2,2H3. The minimum Gasteiger partial charge on any atom is -0.508 e. The fourth-order valence-electron chi connectivity index (χ4n) is 2.37. The number of hydrogen-bond acceptors (Lipinski definition) is 5. The van der Waals surface area contributed by atoms with Crippen molar-refractivity contribution in [3.63, 3.8) is 0 Å². The molecule has 3 rings (SSSR count). The third kappa shape index (κ3) is 2.42. The minimum absolute atomic E-state index is 0.0535. The molecule has 0 saturated carbocycles. The summed E-state index contributed by atoms with van der Waals surface area (Å²) in [6, 6.07) is 5.40. The number of aromatic hydroxyl groups is 3. The average molecular weight is 310 g/mol. The van der Waals surface area contributed by atoms with Gasteiger partial charge in [0.2, 0.25) is 5.43 Å². The summed E-state index contributed by atoms with van der Waals surface area (Å²) in [5, 5.41) is 30.1. The molecular weight excluding hydrogens is 296 g/mol. The van der Waals surface area contributed by atoms with E-state index in [4.69, 9.17) is 4.42 Å². The molecule has 0 saturated heterocycles. The van der Waals surface area contributed by atoms with Gasteiger partial charge in [0.25, 0.3) is 0 Å². The number of phenolic OH excluding ortho intramolecular Hbond substituents is 3. The highest BCUT2D eigenvalue weighted by Gasteiger charge is 2.17. The summed E-state index contributed by atoms with van der Waals surface area (Å²) in [6.45, 7) is 5.46. The lowest BCUT2D eigenvalue weighted by atomic mass is 10.0. The fourth-order valence-corrected chi connectivity index (χ4v) is 2.37. The van der Waals surface area contributed by atoms with Gasteiger partial charge in [-0.05, 0) is 31.2 Å². The van der Waals surface area contributed by atoms with E-state index >= 15 is 0 Å². The van der Waals surface area contributed by atoms with Crippen molar-refractivity contribution < 1.29 is 19.7 Å². The Morgan fingerprint density at radius 3 is 2.61 bits per heavy atom. The SMILES string of the molecule is C=C(C)C=Cc1c(O)cc2oc3ccc(O)cc3c(=O)c2c1O. The van der Waals surface area contributed by atoms with E-state index in [0.717, 1.165) is 5.57 Å². The van der Waals surface area contributed by atoms with Gasteiger partial charge in [-0.3, -0.25) is 4.79 Å². The van der Waals surface area contributed by atoms with Crippen LogP contribution in [-0.4, -0.2) is 15.3 Å². The maximum atomic E-state index is 12.6. The molecule has 3 N–H and O–H groups in total. The Balaban J connectivity index is 2.44. The zero-order valence-electron chi connectivity index (χ0n) is 12.3. The molecule has 0 bridgehead atoms. The van der Waals surface area contributed by atoms with Crippen LogP contribution in [0.5, 0.6) is 17.2 Å². The van der Waals surface area contributed by atoms with Crippen LogP contribution in [-0.2, 0) is 0 Å². The van der Waals surface area contributed by atoms with Crippen LogP contribution in [0, 0.1) is 0 Å². The Labute approximate surface area is 131 Å². The van der Waals surface area contributed by atoms with Crippen LogP contribution in [0.2, 0.25) is 0 Å². The minimum atomic E-state index is -0.486. The van der Waals surface area contributed by atoms with Crippen molar-refractivity contribution in [1.82, 2.24) is 0 Å². The van der Waals surface area contributed by atoms with Gasteiger partial charge >= 0.3 is 0 Å². The van der Waals surface area contributed by atoms with Gasteiger partial charge in [0.15, 0.2) is 0 Å². The van der Waals surface area contributed by atoms with Gasteiger partial charge in [0.1, 0.15) is 33.8 Å². The van der Waals surface area contributed by atoms with E-state index in [-0.39, 0.29) is 44.8 Å². The van der Waals surface area contributed by atoms with Crippen LogP contribution < -0.4 is 5.43 Å². The van der Waals surface area contributed by atoms with Gasteiger partial charge in [0.05, 0.1) is 10.9 Å². The molecule has 23 heavy (non-hydrogen) atoms. The summed E-state index contributed by atoms with van der Waals surface area (Å²) in [6.07, 6.45) is 3.08. The first-order valence-electron chi connectivity index (χ1n) is 6.86. The molecule has 0 amide bonds. The number of allylic oxidation sites excluding steroid dienone is 2. The lowest BCUT2D eigenvalue weighted by molar-refractivity contribution is 0.450. The Morgan fingerprint density at radius 2 is 1.91 bits per heavy atom. The molecule has 0 aliphatic carbocycles. The fraction of sp³-hybridized carbons (Fsp3) is 0.0556. The first-order valence-corrected chi connectivity index (χ1v) is 6.86. The summed E-state index contributed by atoms with van der Waals surface area (Å²) in [4.78, 5) is 12.6. The van der Waals surface area contributed by atoms with Crippen molar-refractivity contribution in [2.24, 2.45) is 0 Å². The van der Waals surface area contributed by atoms with Crippen molar-refractivity contribution >= 4 is 28.0 Å². The summed E-state index contributed by atoms with van der Waals surface area (Å²) < 4.78 is 5.55. The Hall–Kier alpha value is -3.21.